The molecule has 1 nitrogen and oxygen atoms in total. The number of hydrogen-bond acceptors (Lipinski definition) is 1. The van der Waals surface area contributed by atoms with E-state index in [1.807, 2.05) is 61.5 Å². The van der Waals surface area contributed by atoms with Gasteiger partial charge < -0.3 is 4.74 Å². The summed E-state index contributed by atoms with van der Waals surface area (Å²) in [7, 11) is 0. The molecular weight excluding hydrogens is 303 g/mol. The van der Waals surface area contributed by atoms with Gasteiger partial charge in [0.2, 0.25) is 0 Å². The first kappa shape index (κ1) is 15.7. The summed E-state index contributed by atoms with van der Waals surface area (Å²) >= 11 is 11.6. The predicted octanol–water partition coefficient (Wildman–Crippen LogP) is 6.07. The second-order valence-electron chi connectivity index (χ2n) is 4.58. The molecule has 0 aliphatic rings. The van der Waals surface area contributed by atoms with Crippen LogP contribution in [0.5, 0.6) is 5.75 Å². The van der Waals surface area contributed by atoms with Crippen molar-refractivity contribution in [3.05, 3.63) is 82.4 Å². The van der Waals surface area contributed by atoms with E-state index in [4.69, 9.17) is 27.9 Å². The Morgan fingerprint density at radius 2 is 1.90 bits per heavy atom. The highest BCUT2D eigenvalue weighted by molar-refractivity contribution is 6.30. The molecule has 0 radical (unpaired) electrons. The van der Waals surface area contributed by atoms with Crippen molar-refractivity contribution in [2.45, 2.75) is 13.5 Å². The van der Waals surface area contributed by atoms with Crippen molar-refractivity contribution < 1.29 is 4.74 Å². The van der Waals surface area contributed by atoms with E-state index in [0.29, 0.717) is 11.6 Å². The van der Waals surface area contributed by atoms with Crippen LogP contribution >= 0.6 is 23.2 Å². The van der Waals surface area contributed by atoms with Crippen LogP contribution in [0.15, 0.2) is 66.2 Å². The Morgan fingerprint density at radius 3 is 2.62 bits per heavy atom. The summed E-state index contributed by atoms with van der Waals surface area (Å²) in [5, 5.41) is 0.680. The van der Waals surface area contributed by atoms with Crippen LogP contribution in [0.25, 0.3) is 5.57 Å². The van der Waals surface area contributed by atoms with E-state index in [1.165, 1.54) is 5.54 Å². The molecule has 0 fully saturated rings. The molecule has 0 aliphatic carbocycles. The molecule has 0 saturated carbocycles. The molecule has 0 unspecified atom stereocenters. The Labute approximate surface area is 135 Å². The molecule has 0 spiro atoms. The van der Waals surface area contributed by atoms with E-state index in [2.05, 4.69) is 0 Å². The summed E-state index contributed by atoms with van der Waals surface area (Å²) in [6, 6.07) is 15.7. The maximum Gasteiger partial charge on any atom is 0.127 e. The summed E-state index contributed by atoms with van der Waals surface area (Å²) < 4.78 is 5.92. The van der Waals surface area contributed by atoms with Crippen molar-refractivity contribution in [2.75, 3.05) is 0 Å². The van der Waals surface area contributed by atoms with Crippen LogP contribution in [0.3, 0.4) is 0 Å². The van der Waals surface area contributed by atoms with Gasteiger partial charge in [0.15, 0.2) is 0 Å². The van der Waals surface area contributed by atoms with Gasteiger partial charge in [-0.05, 0) is 36.3 Å². The van der Waals surface area contributed by atoms with Gasteiger partial charge in [-0.3, -0.25) is 0 Å². The van der Waals surface area contributed by atoms with Crippen LogP contribution in [-0.4, -0.2) is 0 Å². The lowest BCUT2D eigenvalue weighted by Crippen LogP contribution is -1.97. The van der Waals surface area contributed by atoms with E-state index < -0.39 is 0 Å². The van der Waals surface area contributed by atoms with Crippen molar-refractivity contribution in [1.29, 1.82) is 0 Å². The number of halogens is 2. The second-order valence-corrected chi connectivity index (χ2v) is 5.27. The highest BCUT2D eigenvalue weighted by Gasteiger charge is 2.07. The van der Waals surface area contributed by atoms with Gasteiger partial charge in [0.1, 0.15) is 12.4 Å². The molecular formula is C18H16Cl2O. The molecule has 0 bridgehead atoms. The van der Waals surface area contributed by atoms with Crippen LogP contribution in [-0.2, 0) is 6.61 Å². The summed E-state index contributed by atoms with van der Waals surface area (Å²) in [6.45, 7) is 2.52. The van der Waals surface area contributed by atoms with Gasteiger partial charge in [0.05, 0.1) is 0 Å². The first-order valence-electron chi connectivity index (χ1n) is 6.61. The summed E-state index contributed by atoms with van der Waals surface area (Å²) in [5.74, 6) is 0.806. The van der Waals surface area contributed by atoms with Crippen molar-refractivity contribution in [3.8, 4) is 5.75 Å². The van der Waals surface area contributed by atoms with E-state index in [9.17, 15) is 0 Å². The molecule has 0 aromatic heterocycles. The van der Waals surface area contributed by atoms with Gasteiger partial charge >= 0.3 is 0 Å². The van der Waals surface area contributed by atoms with Gasteiger partial charge in [-0.15, -0.1) is 0 Å². The SMILES string of the molecule is C/C(=C\C=C\Cl)c1cc(Cl)ccc1OCc1ccccc1. The minimum absolute atomic E-state index is 0.522. The van der Waals surface area contributed by atoms with Crippen molar-refractivity contribution in [3.63, 3.8) is 0 Å². The molecule has 0 aliphatic heterocycles. The Hall–Kier alpha value is -1.70. The van der Waals surface area contributed by atoms with Gasteiger partial charge in [-0.1, -0.05) is 65.7 Å². The number of allylic oxidation sites excluding steroid dienone is 3. The topological polar surface area (TPSA) is 9.23 Å². The zero-order chi connectivity index (χ0) is 15.1. The van der Waals surface area contributed by atoms with Crippen LogP contribution in [0.1, 0.15) is 18.1 Å². The van der Waals surface area contributed by atoms with Crippen molar-refractivity contribution >= 4 is 28.8 Å². The molecule has 2 aromatic rings. The standard InChI is InChI=1S/C18H16Cl2O/c1-14(6-5-11-19)17-12-16(20)9-10-18(17)21-13-15-7-3-2-4-8-15/h2-12H,13H2,1H3/b11-5+,14-6+. The number of hydrogen-bond donors (Lipinski definition) is 0. The lowest BCUT2D eigenvalue weighted by molar-refractivity contribution is 0.305. The molecule has 108 valence electrons. The molecule has 2 aromatic carbocycles. The van der Waals surface area contributed by atoms with Gasteiger partial charge in [-0.25, -0.2) is 0 Å². The number of rotatable bonds is 5. The van der Waals surface area contributed by atoms with Crippen LogP contribution in [0, 0.1) is 0 Å². The fourth-order valence-corrected chi connectivity index (χ4v) is 2.19. The van der Waals surface area contributed by atoms with E-state index in [1.54, 1.807) is 6.08 Å². The quantitative estimate of drug-likeness (QED) is 0.607. The molecule has 0 heterocycles. The fourth-order valence-electron chi connectivity index (χ4n) is 1.94. The molecule has 0 amide bonds. The van der Waals surface area contributed by atoms with Gasteiger partial charge in [0, 0.05) is 16.1 Å². The van der Waals surface area contributed by atoms with Crippen molar-refractivity contribution in [2.24, 2.45) is 0 Å². The highest BCUT2D eigenvalue weighted by atomic mass is 35.5. The summed E-state index contributed by atoms with van der Waals surface area (Å²) in [4.78, 5) is 0. The summed E-state index contributed by atoms with van der Waals surface area (Å²) in [5.41, 5.74) is 4.60. The Morgan fingerprint density at radius 1 is 1.14 bits per heavy atom. The minimum Gasteiger partial charge on any atom is -0.488 e. The number of ether oxygens (including phenoxy) is 1. The lowest BCUT2D eigenvalue weighted by atomic mass is 10.1. The maximum absolute atomic E-state index is 6.09. The zero-order valence-electron chi connectivity index (χ0n) is 11.7. The van der Waals surface area contributed by atoms with Gasteiger partial charge in [-0.2, -0.15) is 0 Å². The molecule has 3 heteroatoms. The van der Waals surface area contributed by atoms with E-state index in [0.717, 1.165) is 22.4 Å². The summed E-state index contributed by atoms with van der Waals surface area (Å²) in [6.07, 6.45) is 3.70. The van der Waals surface area contributed by atoms with E-state index >= 15 is 0 Å². The average Bonchev–Trinajstić information content (AvgIpc) is 2.52. The average molecular weight is 319 g/mol. The Kier molecular flexibility index (Phi) is 5.91. The Balaban J connectivity index is 2.23. The first-order valence-corrected chi connectivity index (χ1v) is 7.42. The monoisotopic (exact) mass is 318 g/mol. The molecule has 2 rings (SSSR count). The molecule has 0 atom stereocenters. The van der Waals surface area contributed by atoms with Crippen LogP contribution < -0.4 is 4.74 Å². The van der Waals surface area contributed by atoms with E-state index in [-0.39, 0.29) is 0 Å². The van der Waals surface area contributed by atoms with Crippen molar-refractivity contribution in [1.82, 2.24) is 0 Å². The molecule has 0 saturated heterocycles. The lowest BCUT2D eigenvalue weighted by Gasteiger charge is -2.12. The molecule has 0 N–H and O–H groups in total. The predicted molar refractivity (Wildman–Crippen MR) is 90.9 cm³/mol. The largest absolute Gasteiger partial charge is 0.488 e. The maximum atomic E-state index is 6.09. The number of benzene rings is 2. The first-order chi connectivity index (χ1) is 10.2. The molecule has 21 heavy (non-hydrogen) atoms. The second kappa shape index (κ2) is 7.92. The van der Waals surface area contributed by atoms with Crippen LogP contribution in [0.2, 0.25) is 5.02 Å². The zero-order valence-corrected chi connectivity index (χ0v) is 13.2. The highest BCUT2D eigenvalue weighted by Crippen LogP contribution is 2.29. The smallest absolute Gasteiger partial charge is 0.127 e. The normalized spacial score (nSPS) is 11.9. The third-order valence-electron chi connectivity index (χ3n) is 3.02. The Bertz CT molecular complexity index is 646. The van der Waals surface area contributed by atoms with Gasteiger partial charge in [0.25, 0.3) is 0 Å². The third kappa shape index (κ3) is 4.66. The third-order valence-corrected chi connectivity index (χ3v) is 3.40. The minimum atomic E-state index is 0.522. The fraction of sp³-hybridized carbons (Fsp3) is 0.111. The van der Waals surface area contributed by atoms with Crippen LogP contribution in [0.4, 0.5) is 0 Å².